The Kier molecular flexibility index (Phi) is 6.06. The molecule has 2 aromatic rings. The van der Waals surface area contributed by atoms with Crippen LogP contribution in [0.2, 0.25) is 0 Å². The number of rotatable bonds is 6. The van der Waals surface area contributed by atoms with Gasteiger partial charge in [0, 0.05) is 59.2 Å². The Morgan fingerprint density at radius 3 is 2.43 bits per heavy atom. The molecular weight excluding hydrogens is 360 g/mol. The molecule has 3 rings (SSSR count). The van der Waals surface area contributed by atoms with Crippen LogP contribution in [-0.4, -0.2) is 63.3 Å². The van der Waals surface area contributed by atoms with E-state index in [1.165, 1.54) is 11.6 Å². The van der Waals surface area contributed by atoms with Crippen molar-refractivity contribution in [3.05, 3.63) is 44.9 Å². The van der Waals surface area contributed by atoms with Gasteiger partial charge in [-0.1, -0.05) is 0 Å². The fraction of sp³-hybridized carbons (Fsp3) is 0.500. The molecule has 0 unspecified atom stereocenters. The predicted molar refractivity (Wildman–Crippen MR) is 105 cm³/mol. The summed E-state index contributed by atoms with van der Waals surface area (Å²) in [6.45, 7) is 5.05. The van der Waals surface area contributed by atoms with Crippen LogP contribution in [0.3, 0.4) is 0 Å². The molecule has 1 saturated heterocycles. The average molecular weight is 384 g/mol. The van der Waals surface area contributed by atoms with Gasteiger partial charge in [-0.15, -0.1) is 0 Å². The molecule has 28 heavy (non-hydrogen) atoms. The van der Waals surface area contributed by atoms with Crippen molar-refractivity contribution in [3.8, 4) is 6.07 Å². The van der Waals surface area contributed by atoms with Gasteiger partial charge in [-0.05, 0) is 19.0 Å². The fourth-order valence-corrected chi connectivity index (χ4v) is 3.29. The maximum atomic E-state index is 12.1. The lowest BCUT2D eigenvalue weighted by Gasteiger charge is -2.34. The monoisotopic (exact) mass is 384 g/mol. The van der Waals surface area contributed by atoms with E-state index in [2.05, 4.69) is 25.1 Å². The number of nitrogens with one attached hydrogen (secondary N) is 1. The normalized spacial score (nSPS) is 14.7. The van der Waals surface area contributed by atoms with Crippen LogP contribution in [0.15, 0.2) is 28.0 Å². The summed E-state index contributed by atoms with van der Waals surface area (Å²) in [5.74, 6) is 1.04. The Morgan fingerprint density at radius 2 is 1.79 bits per heavy atom. The second-order valence-electron chi connectivity index (χ2n) is 6.70. The topological polar surface area (TPSA) is 112 Å². The van der Waals surface area contributed by atoms with E-state index in [0.717, 1.165) is 49.7 Å². The second-order valence-corrected chi connectivity index (χ2v) is 6.70. The fourth-order valence-electron chi connectivity index (χ4n) is 3.29. The molecule has 0 bridgehead atoms. The first-order chi connectivity index (χ1) is 13.5. The summed E-state index contributed by atoms with van der Waals surface area (Å²) >= 11 is 0. The van der Waals surface area contributed by atoms with Gasteiger partial charge in [0.1, 0.15) is 11.9 Å². The quantitative estimate of drug-likeness (QED) is 0.655. The Morgan fingerprint density at radius 1 is 1.11 bits per heavy atom. The predicted octanol–water partition coefficient (Wildman–Crippen LogP) is -0.630. The van der Waals surface area contributed by atoms with E-state index in [1.54, 1.807) is 19.4 Å². The number of nitriles is 1. The van der Waals surface area contributed by atoms with E-state index in [0.29, 0.717) is 6.54 Å². The van der Waals surface area contributed by atoms with E-state index in [4.69, 9.17) is 0 Å². The third-order valence-electron chi connectivity index (χ3n) is 4.93. The molecule has 10 heteroatoms. The van der Waals surface area contributed by atoms with Crippen molar-refractivity contribution in [3.63, 3.8) is 0 Å². The molecule has 1 aliphatic rings. The first kappa shape index (κ1) is 19.6. The Hall–Kier alpha value is -3.19. The third-order valence-corrected chi connectivity index (χ3v) is 4.93. The second kappa shape index (κ2) is 8.67. The molecule has 10 nitrogen and oxygen atoms in total. The summed E-state index contributed by atoms with van der Waals surface area (Å²) in [7, 11) is 2.92. The van der Waals surface area contributed by atoms with Gasteiger partial charge in [-0.2, -0.15) is 5.26 Å². The van der Waals surface area contributed by atoms with Gasteiger partial charge in [0.15, 0.2) is 5.56 Å². The zero-order valence-corrected chi connectivity index (χ0v) is 16.1. The Balaban J connectivity index is 1.51. The zero-order chi connectivity index (χ0) is 20.1. The lowest BCUT2D eigenvalue weighted by Crippen LogP contribution is -2.47. The summed E-state index contributed by atoms with van der Waals surface area (Å²) in [4.78, 5) is 37.2. The number of anilines is 2. The van der Waals surface area contributed by atoms with Crippen molar-refractivity contribution in [2.75, 3.05) is 49.5 Å². The largest absolute Gasteiger partial charge is 0.370 e. The molecule has 148 valence electrons. The standard InChI is InChI=1S/C18H24N8O2/c1-23-15(14(13-19)16(27)24(2)18(23)28)20-7-4-8-25-9-11-26(12-10-25)17-21-5-3-6-22-17/h3,5-6,20H,4,7-12H2,1-2H3. The van der Waals surface area contributed by atoms with Gasteiger partial charge < -0.3 is 10.2 Å². The number of hydrogen-bond donors (Lipinski definition) is 1. The lowest BCUT2D eigenvalue weighted by atomic mass is 10.2. The Bertz CT molecular complexity index is 968. The molecule has 2 aromatic heterocycles. The van der Waals surface area contributed by atoms with Crippen molar-refractivity contribution in [1.82, 2.24) is 24.0 Å². The smallest absolute Gasteiger partial charge is 0.332 e. The SMILES string of the molecule is Cn1c(NCCCN2CCN(c3ncccn3)CC2)c(C#N)c(=O)n(C)c1=O. The minimum Gasteiger partial charge on any atom is -0.370 e. The van der Waals surface area contributed by atoms with Gasteiger partial charge in [0.2, 0.25) is 5.95 Å². The van der Waals surface area contributed by atoms with Crippen molar-refractivity contribution < 1.29 is 0 Å². The first-order valence-electron chi connectivity index (χ1n) is 9.21. The molecule has 1 N–H and O–H groups in total. The number of hydrogen-bond acceptors (Lipinski definition) is 8. The molecule has 0 amide bonds. The first-order valence-corrected chi connectivity index (χ1v) is 9.21. The van der Waals surface area contributed by atoms with Gasteiger partial charge in [0.05, 0.1) is 0 Å². The van der Waals surface area contributed by atoms with Crippen LogP contribution in [0.5, 0.6) is 0 Å². The Labute approximate surface area is 162 Å². The molecule has 0 aliphatic carbocycles. The lowest BCUT2D eigenvalue weighted by molar-refractivity contribution is 0.256. The molecule has 3 heterocycles. The van der Waals surface area contributed by atoms with Crippen LogP contribution in [0.4, 0.5) is 11.8 Å². The van der Waals surface area contributed by atoms with E-state index in [1.807, 2.05) is 12.1 Å². The van der Waals surface area contributed by atoms with E-state index < -0.39 is 11.2 Å². The number of aromatic nitrogens is 4. The van der Waals surface area contributed by atoms with Crippen LogP contribution in [0.25, 0.3) is 0 Å². The van der Waals surface area contributed by atoms with Crippen molar-refractivity contribution in [1.29, 1.82) is 5.26 Å². The minimum atomic E-state index is -0.577. The molecule has 0 saturated carbocycles. The highest BCUT2D eigenvalue weighted by Gasteiger charge is 2.19. The van der Waals surface area contributed by atoms with Crippen molar-refractivity contribution >= 4 is 11.8 Å². The highest BCUT2D eigenvalue weighted by atomic mass is 16.2. The average Bonchev–Trinajstić information content (AvgIpc) is 2.74. The third kappa shape index (κ3) is 4.04. The minimum absolute atomic E-state index is 0.0407. The molecule has 1 fully saturated rings. The van der Waals surface area contributed by atoms with Crippen LogP contribution in [-0.2, 0) is 14.1 Å². The molecular formula is C18H24N8O2. The van der Waals surface area contributed by atoms with Crippen LogP contribution in [0, 0.1) is 11.3 Å². The highest BCUT2D eigenvalue weighted by molar-refractivity contribution is 5.51. The molecule has 0 atom stereocenters. The van der Waals surface area contributed by atoms with Gasteiger partial charge in [0.25, 0.3) is 5.56 Å². The maximum absolute atomic E-state index is 12.1. The summed E-state index contributed by atoms with van der Waals surface area (Å²) in [5.41, 5.74) is -1.07. The maximum Gasteiger partial charge on any atom is 0.332 e. The van der Waals surface area contributed by atoms with E-state index in [-0.39, 0.29) is 11.4 Å². The number of piperazine rings is 1. The zero-order valence-electron chi connectivity index (χ0n) is 16.1. The van der Waals surface area contributed by atoms with Crippen LogP contribution >= 0.6 is 0 Å². The van der Waals surface area contributed by atoms with Crippen molar-refractivity contribution in [2.45, 2.75) is 6.42 Å². The number of nitrogens with zero attached hydrogens (tertiary/aromatic N) is 7. The van der Waals surface area contributed by atoms with E-state index >= 15 is 0 Å². The highest BCUT2D eigenvalue weighted by Crippen LogP contribution is 2.10. The summed E-state index contributed by atoms with van der Waals surface area (Å²) in [5, 5.41) is 12.4. The van der Waals surface area contributed by atoms with Crippen molar-refractivity contribution in [2.24, 2.45) is 14.1 Å². The molecule has 0 spiro atoms. The molecule has 1 aliphatic heterocycles. The molecule has 0 radical (unpaired) electrons. The van der Waals surface area contributed by atoms with Gasteiger partial charge in [-0.3, -0.25) is 18.8 Å². The van der Waals surface area contributed by atoms with Crippen LogP contribution in [0.1, 0.15) is 12.0 Å². The summed E-state index contributed by atoms with van der Waals surface area (Å²) < 4.78 is 2.25. The summed E-state index contributed by atoms with van der Waals surface area (Å²) in [6.07, 6.45) is 4.33. The van der Waals surface area contributed by atoms with Gasteiger partial charge in [-0.25, -0.2) is 14.8 Å². The summed E-state index contributed by atoms with van der Waals surface area (Å²) in [6, 6.07) is 3.71. The van der Waals surface area contributed by atoms with Crippen LogP contribution < -0.4 is 21.5 Å². The molecule has 0 aromatic carbocycles. The van der Waals surface area contributed by atoms with E-state index in [9.17, 15) is 14.9 Å². The van der Waals surface area contributed by atoms with Gasteiger partial charge >= 0.3 is 5.69 Å².